The van der Waals surface area contributed by atoms with Gasteiger partial charge < -0.3 is 20.3 Å². The number of amides is 3. The summed E-state index contributed by atoms with van der Waals surface area (Å²) in [4.78, 5) is 41.9. The molecule has 214 valence electrons. The summed E-state index contributed by atoms with van der Waals surface area (Å²) in [6.07, 6.45) is 5.62. The number of nitrogens with zero attached hydrogens (tertiary/aromatic N) is 1. The summed E-state index contributed by atoms with van der Waals surface area (Å²) in [6.45, 7) is 13.4. The predicted molar refractivity (Wildman–Crippen MR) is 158 cm³/mol. The van der Waals surface area contributed by atoms with E-state index in [0.717, 1.165) is 48.8 Å². The molecule has 2 rings (SSSR count). The summed E-state index contributed by atoms with van der Waals surface area (Å²) in [5, 5.41) is 5.71. The number of alkyl carbamates (subject to hydrolysis) is 1. The van der Waals surface area contributed by atoms with Gasteiger partial charge in [0, 0.05) is 12.2 Å². The minimum Gasteiger partial charge on any atom is -0.444 e. The van der Waals surface area contributed by atoms with Crippen LogP contribution in [0.15, 0.2) is 48.5 Å². The molecule has 0 aliphatic heterocycles. The molecule has 0 saturated carbocycles. The molecule has 7 nitrogen and oxygen atoms in total. The summed E-state index contributed by atoms with van der Waals surface area (Å²) < 4.78 is 5.37. The topological polar surface area (TPSA) is 87.7 Å². The molecule has 0 aliphatic carbocycles. The third-order valence-electron chi connectivity index (χ3n) is 6.50. The fourth-order valence-electron chi connectivity index (χ4n) is 4.36. The Hall–Kier alpha value is -3.35. The molecule has 0 spiro atoms. The molecule has 2 N–H and O–H groups in total. The summed E-state index contributed by atoms with van der Waals surface area (Å²) >= 11 is 0. The Morgan fingerprint density at radius 2 is 1.51 bits per heavy atom. The second-order valence-electron chi connectivity index (χ2n) is 11.3. The Labute approximate surface area is 234 Å². The highest BCUT2D eigenvalue weighted by atomic mass is 16.6. The second-order valence-corrected chi connectivity index (χ2v) is 11.3. The number of carbonyl (C=O) groups is 3. The number of ether oxygens (including phenoxy) is 1. The number of nitrogens with one attached hydrogen (secondary N) is 2. The average Bonchev–Trinajstić information content (AvgIpc) is 2.86. The van der Waals surface area contributed by atoms with Gasteiger partial charge in [-0.3, -0.25) is 9.59 Å². The Morgan fingerprint density at radius 1 is 0.897 bits per heavy atom. The van der Waals surface area contributed by atoms with Gasteiger partial charge in [0.1, 0.15) is 17.7 Å². The number of anilines is 1. The van der Waals surface area contributed by atoms with Gasteiger partial charge in [0.15, 0.2) is 0 Å². The van der Waals surface area contributed by atoms with Gasteiger partial charge in [-0.25, -0.2) is 4.79 Å². The van der Waals surface area contributed by atoms with Crippen molar-refractivity contribution in [1.82, 2.24) is 10.2 Å². The second kappa shape index (κ2) is 15.3. The number of benzene rings is 2. The molecule has 0 saturated heterocycles. The molecular weight excluding hydrogens is 490 g/mol. The number of carbonyl (C=O) groups excluding carboxylic acids is 3. The summed E-state index contributed by atoms with van der Waals surface area (Å²) in [6, 6.07) is 13.5. The fourth-order valence-corrected chi connectivity index (χ4v) is 4.36. The third kappa shape index (κ3) is 10.7. The number of hydrogen-bond acceptors (Lipinski definition) is 4. The van der Waals surface area contributed by atoms with Gasteiger partial charge in [0.05, 0.1) is 0 Å². The smallest absolute Gasteiger partial charge is 0.408 e. The lowest BCUT2D eigenvalue weighted by molar-refractivity contribution is -0.140. The van der Waals surface area contributed by atoms with E-state index in [1.807, 2.05) is 62.4 Å². The van der Waals surface area contributed by atoms with Crippen molar-refractivity contribution in [3.05, 3.63) is 65.2 Å². The van der Waals surface area contributed by atoms with Crippen LogP contribution in [-0.4, -0.2) is 41.0 Å². The van der Waals surface area contributed by atoms with Crippen LogP contribution in [0.2, 0.25) is 0 Å². The van der Waals surface area contributed by atoms with Crippen LogP contribution < -0.4 is 10.6 Å². The average molecular weight is 538 g/mol. The van der Waals surface area contributed by atoms with Crippen LogP contribution in [0.4, 0.5) is 10.5 Å². The Morgan fingerprint density at radius 3 is 2.13 bits per heavy atom. The van der Waals surface area contributed by atoms with Gasteiger partial charge in [-0.2, -0.15) is 0 Å². The molecule has 2 aromatic carbocycles. The van der Waals surface area contributed by atoms with Crippen molar-refractivity contribution in [1.29, 1.82) is 0 Å². The molecule has 2 aromatic rings. The summed E-state index contributed by atoms with van der Waals surface area (Å²) in [7, 11) is 0. The van der Waals surface area contributed by atoms with E-state index in [9.17, 15) is 14.4 Å². The normalized spacial score (nSPS) is 12.8. The molecule has 3 amide bonds. The Kier molecular flexibility index (Phi) is 12.5. The molecule has 2 atom stereocenters. The first-order valence-corrected chi connectivity index (χ1v) is 14.2. The number of unbranched alkanes of at least 4 members (excludes halogenated alkanes) is 5. The van der Waals surface area contributed by atoms with Gasteiger partial charge in [0.2, 0.25) is 5.91 Å². The summed E-state index contributed by atoms with van der Waals surface area (Å²) in [5.41, 5.74) is 2.72. The zero-order valence-electron chi connectivity index (χ0n) is 24.8. The molecule has 2 unspecified atom stereocenters. The highest BCUT2D eigenvalue weighted by Gasteiger charge is 2.34. The lowest BCUT2D eigenvalue weighted by Crippen LogP contribution is -2.51. The first kappa shape index (κ1) is 31.9. The zero-order valence-corrected chi connectivity index (χ0v) is 24.8. The van der Waals surface area contributed by atoms with Gasteiger partial charge in [0.25, 0.3) is 5.91 Å². The first-order valence-electron chi connectivity index (χ1n) is 14.2. The maximum atomic E-state index is 13.9. The lowest BCUT2D eigenvalue weighted by atomic mass is 10.0. The molecule has 0 aliphatic rings. The van der Waals surface area contributed by atoms with E-state index in [-0.39, 0.29) is 11.8 Å². The highest BCUT2D eigenvalue weighted by Crippen LogP contribution is 2.26. The summed E-state index contributed by atoms with van der Waals surface area (Å²) in [5.74, 6) is -0.628. The van der Waals surface area contributed by atoms with Crippen molar-refractivity contribution < 1.29 is 19.1 Å². The molecule has 39 heavy (non-hydrogen) atoms. The largest absolute Gasteiger partial charge is 0.444 e. The van der Waals surface area contributed by atoms with Gasteiger partial charge in [-0.15, -0.1) is 0 Å². The van der Waals surface area contributed by atoms with E-state index in [4.69, 9.17) is 4.74 Å². The Bertz CT molecular complexity index is 1080. The van der Waals surface area contributed by atoms with E-state index in [0.29, 0.717) is 12.2 Å². The van der Waals surface area contributed by atoms with Crippen LogP contribution in [0, 0.1) is 13.8 Å². The molecule has 0 bridgehead atoms. The van der Waals surface area contributed by atoms with E-state index >= 15 is 0 Å². The third-order valence-corrected chi connectivity index (χ3v) is 6.50. The molecule has 7 heteroatoms. The van der Waals surface area contributed by atoms with Gasteiger partial charge in [-0.05, 0) is 65.2 Å². The molecule has 0 aromatic heterocycles. The van der Waals surface area contributed by atoms with Crippen LogP contribution in [0.25, 0.3) is 0 Å². The maximum Gasteiger partial charge on any atom is 0.408 e. The first-order chi connectivity index (χ1) is 18.4. The molecule has 0 fully saturated rings. The SMILES string of the molecule is CCCCCCCCN(C(=O)C(C)NC(=O)OC(C)(C)C)C(C(=O)Nc1ccccc1C)c1ccc(C)cc1. The van der Waals surface area contributed by atoms with Crippen LogP contribution in [0.1, 0.15) is 95.9 Å². The predicted octanol–water partition coefficient (Wildman–Crippen LogP) is 7.09. The molecule has 0 radical (unpaired) electrons. The quantitative estimate of drug-likeness (QED) is 0.267. The van der Waals surface area contributed by atoms with E-state index in [2.05, 4.69) is 17.6 Å². The standard InChI is InChI=1S/C32H47N3O4/c1-8-9-10-11-12-15-22-35(30(37)25(4)33-31(38)39-32(5,6)7)28(26-20-18-23(2)19-21-26)29(36)34-27-17-14-13-16-24(27)3/h13-14,16-21,25,28H,8-12,15,22H2,1-7H3,(H,33,38)(H,34,36). The highest BCUT2D eigenvalue weighted by molar-refractivity contribution is 5.99. The van der Waals surface area contributed by atoms with Crippen molar-refractivity contribution in [2.24, 2.45) is 0 Å². The number of hydrogen-bond donors (Lipinski definition) is 2. The Balaban J connectivity index is 2.39. The zero-order chi connectivity index (χ0) is 29.0. The van der Waals surface area contributed by atoms with Crippen molar-refractivity contribution in [3.63, 3.8) is 0 Å². The van der Waals surface area contributed by atoms with Crippen molar-refractivity contribution >= 4 is 23.6 Å². The number of para-hydroxylation sites is 1. The van der Waals surface area contributed by atoms with Crippen molar-refractivity contribution in [2.75, 3.05) is 11.9 Å². The van der Waals surface area contributed by atoms with Crippen LogP contribution >= 0.6 is 0 Å². The fraction of sp³-hybridized carbons (Fsp3) is 0.531. The number of aryl methyl sites for hydroxylation is 2. The van der Waals surface area contributed by atoms with Crippen molar-refractivity contribution in [3.8, 4) is 0 Å². The van der Waals surface area contributed by atoms with Crippen molar-refractivity contribution in [2.45, 2.75) is 105 Å². The lowest BCUT2D eigenvalue weighted by Gasteiger charge is -2.34. The van der Waals surface area contributed by atoms with Gasteiger partial charge in [-0.1, -0.05) is 87.1 Å². The monoisotopic (exact) mass is 537 g/mol. The van der Waals surface area contributed by atoms with E-state index < -0.39 is 23.8 Å². The minimum atomic E-state index is -0.876. The van der Waals surface area contributed by atoms with Crippen LogP contribution in [-0.2, 0) is 14.3 Å². The molecule has 0 heterocycles. The van der Waals surface area contributed by atoms with E-state index in [1.54, 1.807) is 32.6 Å². The van der Waals surface area contributed by atoms with Crippen LogP contribution in [0.5, 0.6) is 0 Å². The van der Waals surface area contributed by atoms with Crippen LogP contribution in [0.3, 0.4) is 0 Å². The van der Waals surface area contributed by atoms with Gasteiger partial charge >= 0.3 is 6.09 Å². The number of rotatable bonds is 13. The molecular formula is C32H47N3O4. The van der Waals surface area contributed by atoms with E-state index in [1.165, 1.54) is 6.42 Å². The minimum absolute atomic E-state index is 0.294. The maximum absolute atomic E-state index is 13.9.